The second-order valence-electron chi connectivity index (χ2n) is 7.56. The monoisotopic (exact) mass is 315 g/mol. The summed E-state index contributed by atoms with van der Waals surface area (Å²) in [6, 6.07) is 5.05. The van der Waals surface area contributed by atoms with Gasteiger partial charge in [0, 0.05) is 19.1 Å². The maximum Gasteiger partial charge on any atom is 0.161 e. The highest BCUT2D eigenvalue weighted by Crippen LogP contribution is 2.47. The van der Waals surface area contributed by atoms with E-state index in [0.29, 0.717) is 6.04 Å². The molecule has 0 aromatic heterocycles. The zero-order chi connectivity index (χ0) is 15.8. The molecule has 0 spiro atoms. The number of ether oxygens (including phenoxy) is 2. The van der Waals surface area contributed by atoms with Crippen LogP contribution < -0.4 is 9.47 Å². The maximum atomic E-state index is 5.55. The largest absolute Gasteiger partial charge is 0.493 e. The number of methoxy groups -OCH3 is 2. The van der Waals surface area contributed by atoms with Gasteiger partial charge in [-0.15, -0.1) is 0 Å². The molecule has 0 N–H and O–H groups in total. The van der Waals surface area contributed by atoms with E-state index in [0.717, 1.165) is 29.8 Å². The van der Waals surface area contributed by atoms with E-state index >= 15 is 0 Å². The van der Waals surface area contributed by atoms with E-state index in [4.69, 9.17) is 9.47 Å². The molecule has 2 aliphatic heterocycles. The highest BCUT2D eigenvalue weighted by atomic mass is 16.5. The first-order valence-electron chi connectivity index (χ1n) is 9.29. The lowest BCUT2D eigenvalue weighted by Crippen LogP contribution is -2.32. The SMILES string of the molecule is COc1cc2c(cc1OC)C1CC(C3CCCCC3)CN1CC2. The van der Waals surface area contributed by atoms with Crippen LogP contribution in [0.25, 0.3) is 0 Å². The number of hydrogen-bond donors (Lipinski definition) is 0. The Morgan fingerprint density at radius 1 is 0.957 bits per heavy atom. The molecule has 1 saturated carbocycles. The maximum absolute atomic E-state index is 5.55. The third-order valence-corrected chi connectivity index (χ3v) is 6.43. The molecule has 4 rings (SSSR count). The zero-order valence-electron chi connectivity index (χ0n) is 14.5. The molecule has 2 atom stereocenters. The van der Waals surface area contributed by atoms with E-state index in [9.17, 15) is 0 Å². The molecule has 2 fully saturated rings. The van der Waals surface area contributed by atoms with Crippen molar-refractivity contribution < 1.29 is 9.47 Å². The fraction of sp³-hybridized carbons (Fsp3) is 0.700. The van der Waals surface area contributed by atoms with Gasteiger partial charge in [-0.1, -0.05) is 32.1 Å². The van der Waals surface area contributed by atoms with Crippen molar-refractivity contribution in [2.45, 2.75) is 51.0 Å². The van der Waals surface area contributed by atoms with E-state index in [1.165, 1.54) is 62.7 Å². The van der Waals surface area contributed by atoms with Crippen LogP contribution in [0.15, 0.2) is 12.1 Å². The lowest BCUT2D eigenvalue weighted by Gasteiger charge is -2.32. The average molecular weight is 315 g/mol. The minimum atomic E-state index is 0.602. The van der Waals surface area contributed by atoms with Gasteiger partial charge in [-0.05, 0) is 47.9 Å². The van der Waals surface area contributed by atoms with Gasteiger partial charge in [-0.2, -0.15) is 0 Å². The van der Waals surface area contributed by atoms with Crippen LogP contribution in [0.3, 0.4) is 0 Å². The van der Waals surface area contributed by atoms with Crippen LogP contribution in [0.4, 0.5) is 0 Å². The fourth-order valence-electron chi connectivity index (χ4n) is 5.18. The quantitative estimate of drug-likeness (QED) is 0.834. The summed E-state index contributed by atoms with van der Waals surface area (Å²) in [6.07, 6.45) is 9.77. The van der Waals surface area contributed by atoms with Crippen molar-refractivity contribution >= 4 is 0 Å². The fourth-order valence-corrected chi connectivity index (χ4v) is 5.18. The number of benzene rings is 1. The summed E-state index contributed by atoms with van der Waals surface area (Å²) in [6.45, 7) is 2.51. The Labute approximate surface area is 140 Å². The van der Waals surface area contributed by atoms with Crippen LogP contribution in [0.1, 0.15) is 55.7 Å². The molecule has 3 nitrogen and oxygen atoms in total. The smallest absolute Gasteiger partial charge is 0.161 e. The van der Waals surface area contributed by atoms with E-state index in [1.54, 1.807) is 14.2 Å². The molecule has 126 valence electrons. The van der Waals surface area contributed by atoms with Gasteiger partial charge < -0.3 is 9.47 Å². The third kappa shape index (κ3) is 2.73. The summed E-state index contributed by atoms with van der Waals surface area (Å²) in [4.78, 5) is 2.73. The van der Waals surface area contributed by atoms with Crippen molar-refractivity contribution in [3.05, 3.63) is 23.3 Å². The first-order valence-corrected chi connectivity index (χ1v) is 9.29. The molecular weight excluding hydrogens is 286 g/mol. The molecular formula is C20H29NO2. The second-order valence-corrected chi connectivity index (χ2v) is 7.56. The van der Waals surface area contributed by atoms with Crippen LogP contribution >= 0.6 is 0 Å². The summed E-state index contributed by atoms with van der Waals surface area (Å²) in [5.74, 6) is 3.63. The first-order chi connectivity index (χ1) is 11.3. The Morgan fingerprint density at radius 3 is 2.43 bits per heavy atom. The molecule has 2 unspecified atom stereocenters. The molecule has 23 heavy (non-hydrogen) atoms. The van der Waals surface area contributed by atoms with Gasteiger partial charge in [0.1, 0.15) is 0 Å². The van der Waals surface area contributed by atoms with Crippen LogP contribution in [-0.4, -0.2) is 32.2 Å². The minimum Gasteiger partial charge on any atom is -0.493 e. The number of hydrogen-bond acceptors (Lipinski definition) is 3. The Kier molecular flexibility index (Phi) is 4.23. The lowest BCUT2D eigenvalue weighted by molar-refractivity contribution is 0.219. The summed E-state index contributed by atoms with van der Waals surface area (Å²) in [5, 5.41) is 0. The highest BCUT2D eigenvalue weighted by molar-refractivity contribution is 5.49. The summed E-state index contributed by atoms with van der Waals surface area (Å²) < 4.78 is 11.0. The molecule has 1 aromatic rings. The number of fused-ring (bicyclic) bond motifs is 3. The summed E-state index contributed by atoms with van der Waals surface area (Å²) in [5.41, 5.74) is 2.96. The normalized spacial score (nSPS) is 28.3. The van der Waals surface area contributed by atoms with Crippen LogP contribution in [0, 0.1) is 11.8 Å². The van der Waals surface area contributed by atoms with Gasteiger partial charge in [-0.25, -0.2) is 0 Å². The van der Waals surface area contributed by atoms with Gasteiger partial charge in [-0.3, -0.25) is 4.90 Å². The third-order valence-electron chi connectivity index (χ3n) is 6.43. The molecule has 1 aliphatic carbocycles. The standard InChI is InChI=1S/C20H29NO2/c1-22-19-11-15-8-9-21-13-16(14-6-4-3-5-7-14)10-18(21)17(15)12-20(19)23-2/h11-12,14,16,18H,3-10,13H2,1-2H3. The van der Waals surface area contributed by atoms with Crippen molar-refractivity contribution in [1.29, 1.82) is 0 Å². The van der Waals surface area contributed by atoms with Crippen molar-refractivity contribution in [1.82, 2.24) is 4.90 Å². The molecule has 3 aliphatic rings. The van der Waals surface area contributed by atoms with Crippen LogP contribution in [-0.2, 0) is 6.42 Å². The molecule has 3 heteroatoms. The highest BCUT2D eigenvalue weighted by Gasteiger charge is 2.40. The number of nitrogens with zero attached hydrogens (tertiary/aromatic N) is 1. The molecule has 2 heterocycles. The summed E-state index contributed by atoms with van der Waals surface area (Å²) >= 11 is 0. The topological polar surface area (TPSA) is 21.7 Å². The first kappa shape index (κ1) is 15.3. The zero-order valence-corrected chi connectivity index (χ0v) is 14.5. The Bertz CT molecular complexity index is 565. The predicted octanol–water partition coefficient (Wildman–Crippen LogP) is 4.20. The lowest BCUT2D eigenvalue weighted by atomic mass is 9.78. The minimum absolute atomic E-state index is 0.602. The molecule has 1 saturated heterocycles. The molecule has 0 bridgehead atoms. The van der Waals surface area contributed by atoms with Crippen LogP contribution in [0.5, 0.6) is 11.5 Å². The predicted molar refractivity (Wildman–Crippen MR) is 92.2 cm³/mol. The summed E-state index contributed by atoms with van der Waals surface area (Å²) in [7, 11) is 3.47. The van der Waals surface area contributed by atoms with Gasteiger partial charge in [0.05, 0.1) is 14.2 Å². The van der Waals surface area contributed by atoms with E-state index < -0.39 is 0 Å². The second kappa shape index (κ2) is 6.35. The van der Waals surface area contributed by atoms with Gasteiger partial charge in [0.2, 0.25) is 0 Å². The Hall–Kier alpha value is -1.22. The van der Waals surface area contributed by atoms with Gasteiger partial charge in [0.25, 0.3) is 0 Å². The van der Waals surface area contributed by atoms with E-state index in [1.807, 2.05) is 0 Å². The van der Waals surface area contributed by atoms with Crippen molar-refractivity contribution in [3.63, 3.8) is 0 Å². The average Bonchev–Trinajstić information content (AvgIpc) is 3.06. The Morgan fingerprint density at radius 2 is 1.70 bits per heavy atom. The van der Waals surface area contributed by atoms with Crippen molar-refractivity contribution in [2.24, 2.45) is 11.8 Å². The number of rotatable bonds is 3. The van der Waals surface area contributed by atoms with Gasteiger partial charge in [0.15, 0.2) is 11.5 Å². The molecule has 0 amide bonds. The Balaban J connectivity index is 1.59. The van der Waals surface area contributed by atoms with Crippen LogP contribution in [0.2, 0.25) is 0 Å². The molecule has 0 radical (unpaired) electrons. The molecule has 1 aromatic carbocycles. The van der Waals surface area contributed by atoms with Gasteiger partial charge >= 0.3 is 0 Å². The van der Waals surface area contributed by atoms with E-state index in [2.05, 4.69) is 17.0 Å². The van der Waals surface area contributed by atoms with Crippen molar-refractivity contribution in [2.75, 3.05) is 27.3 Å². The van der Waals surface area contributed by atoms with Crippen molar-refractivity contribution in [3.8, 4) is 11.5 Å². The van der Waals surface area contributed by atoms with E-state index in [-0.39, 0.29) is 0 Å².